The second-order valence-electron chi connectivity index (χ2n) is 6.40. The van der Waals surface area contributed by atoms with Crippen molar-refractivity contribution >= 4 is 16.1 Å². The van der Waals surface area contributed by atoms with Crippen molar-refractivity contribution < 1.29 is 36.0 Å². The zero-order chi connectivity index (χ0) is 19.1. The zero-order valence-electron chi connectivity index (χ0n) is 14.4. The van der Waals surface area contributed by atoms with Gasteiger partial charge in [0.15, 0.2) is 0 Å². The molecule has 9 heteroatoms. The second-order valence-corrected chi connectivity index (χ2v) is 7.95. The van der Waals surface area contributed by atoms with E-state index in [4.69, 9.17) is 9.29 Å². The molecule has 0 aromatic carbocycles. The SMILES string of the molecule is C=C(COCC(F)(F)S(=O)(=O)O)C(=O)OC1(CC)CCCCCCC1. The monoisotopic (exact) mass is 384 g/mol. The molecule has 0 aromatic rings. The normalized spacial score (nSPS) is 18.9. The molecule has 0 unspecified atom stereocenters. The van der Waals surface area contributed by atoms with Gasteiger partial charge in [0.25, 0.3) is 0 Å². The topological polar surface area (TPSA) is 89.9 Å². The van der Waals surface area contributed by atoms with Gasteiger partial charge >= 0.3 is 21.3 Å². The van der Waals surface area contributed by atoms with E-state index in [1.54, 1.807) is 0 Å². The third-order valence-corrected chi connectivity index (χ3v) is 5.30. The highest BCUT2D eigenvalue weighted by Crippen LogP contribution is 2.33. The van der Waals surface area contributed by atoms with Gasteiger partial charge in [-0.15, -0.1) is 0 Å². The van der Waals surface area contributed by atoms with E-state index in [2.05, 4.69) is 11.3 Å². The lowest BCUT2D eigenvalue weighted by atomic mass is 9.85. The fourth-order valence-electron chi connectivity index (χ4n) is 2.77. The van der Waals surface area contributed by atoms with Crippen LogP contribution in [0.4, 0.5) is 8.78 Å². The average molecular weight is 384 g/mol. The highest BCUT2D eigenvalue weighted by molar-refractivity contribution is 7.86. The molecule has 1 N–H and O–H groups in total. The molecule has 1 rings (SSSR count). The molecular weight excluding hydrogens is 358 g/mol. The predicted molar refractivity (Wildman–Crippen MR) is 87.9 cm³/mol. The maximum Gasteiger partial charge on any atom is 0.392 e. The molecular formula is C16H26F2O6S. The van der Waals surface area contributed by atoms with Gasteiger partial charge in [0.05, 0.1) is 12.2 Å². The van der Waals surface area contributed by atoms with E-state index in [0.29, 0.717) is 6.42 Å². The van der Waals surface area contributed by atoms with E-state index in [1.165, 1.54) is 0 Å². The van der Waals surface area contributed by atoms with E-state index in [1.807, 2.05) is 6.92 Å². The van der Waals surface area contributed by atoms with Crippen molar-refractivity contribution in [3.8, 4) is 0 Å². The summed E-state index contributed by atoms with van der Waals surface area (Å²) in [6.07, 6.45) is 7.34. The fourth-order valence-corrected chi connectivity index (χ4v) is 3.00. The summed E-state index contributed by atoms with van der Waals surface area (Å²) < 4.78 is 65.5. The molecule has 1 fully saturated rings. The molecule has 1 saturated carbocycles. The largest absolute Gasteiger partial charge is 0.456 e. The molecule has 0 atom stereocenters. The van der Waals surface area contributed by atoms with Crippen molar-refractivity contribution in [1.29, 1.82) is 0 Å². The van der Waals surface area contributed by atoms with Gasteiger partial charge in [-0.2, -0.15) is 17.2 Å². The van der Waals surface area contributed by atoms with E-state index >= 15 is 0 Å². The summed E-state index contributed by atoms with van der Waals surface area (Å²) in [6, 6.07) is 0. The fraction of sp³-hybridized carbons (Fsp3) is 0.812. The maximum atomic E-state index is 13.0. The number of ether oxygens (including phenoxy) is 2. The van der Waals surface area contributed by atoms with Crippen LogP contribution in [0.2, 0.25) is 0 Å². The van der Waals surface area contributed by atoms with Gasteiger partial charge in [-0.05, 0) is 32.1 Å². The van der Waals surface area contributed by atoms with Crippen LogP contribution < -0.4 is 0 Å². The summed E-state index contributed by atoms with van der Waals surface area (Å²) >= 11 is 0. The highest BCUT2D eigenvalue weighted by atomic mass is 32.2. The number of rotatable bonds is 8. The van der Waals surface area contributed by atoms with Crippen molar-refractivity contribution in [2.75, 3.05) is 13.2 Å². The van der Waals surface area contributed by atoms with Crippen molar-refractivity contribution in [2.24, 2.45) is 0 Å². The Morgan fingerprint density at radius 3 is 2.20 bits per heavy atom. The molecule has 0 amide bonds. The summed E-state index contributed by atoms with van der Waals surface area (Å²) in [5.74, 6) is -0.738. The Balaban J connectivity index is 2.56. The Labute approximate surface area is 147 Å². The highest BCUT2D eigenvalue weighted by Gasteiger charge is 2.44. The molecule has 1 aliphatic rings. The van der Waals surface area contributed by atoms with E-state index < -0.39 is 40.2 Å². The van der Waals surface area contributed by atoms with Gasteiger partial charge < -0.3 is 9.47 Å². The molecule has 0 radical (unpaired) electrons. The van der Waals surface area contributed by atoms with Crippen molar-refractivity contribution in [3.05, 3.63) is 12.2 Å². The Bertz CT molecular complexity index is 565. The van der Waals surface area contributed by atoms with Crippen LogP contribution in [0.25, 0.3) is 0 Å². The summed E-state index contributed by atoms with van der Waals surface area (Å²) in [6.45, 7) is 3.20. The van der Waals surface area contributed by atoms with Gasteiger partial charge in [0, 0.05) is 0 Å². The molecule has 25 heavy (non-hydrogen) atoms. The molecule has 6 nitrogen and oxygen atoms in total. The number of hydrogen-bond acceptors (Lipinski definition) is 5. The number of hydrogen-bond donors (Lipinski definition) is 1. The van der Waals surface area contributed by atoms with Gasteiger partial charge in [0.2, 0.25) is 0 Å². The summed E-state index contributed by atoms with van der Waals surface area (Å²) in [7, 11) is -5.57. The lowest BCUT2D eigenvalue weighted by Gasteiger charge is -2.34. The van der Waals surface area contributed by atoms with Gasteiger partial charge in [-0.3, -0.25) is 4.55 Å². The van der Waals surface area contributed by atoms with E-state index in [9.17, 15) is 22.0 Å². The molecule has 0 saturated heterocycles. The van der Waals surface area contributed by atoms with Crippen LogP contribution in [-0.2, 0) is 24.4 Å². The van der Waals surface area contributed by atoms with Crippen molar-refractivity contribution in [2.45, 2.75) is 69.1 Å². The Morgan fingerprint density at radius 1 is 1.20 bits per heavy atom. The first-order valence-corrected chi connectivity index (χ1v) is 9.81. The summed E-state index contributed by atoms with van der Waals surface area (Å²) in [4.78, 5) is 12.2. The van der Waals surface area contributed by atoms with Gasteiger partial charge in [-0.25, -0.2) is 4.79 Å². The van der Waals surface area contributed by atoms with Crippen LogP contribution in [0.1, 0.15) is 58.3 Å². The first-order chi connectivity index (χ1) is 11.5. The Hall–Kier alpha value is -1.06. The quantitative estimate of drug-likeness (QED) is 0.391. The first-order valence-electron chi connectivity index (χ1n) is 8.37. The van der Waals surface area contributed by atoms with Gasteiger partial charge in [0.1, 0.15) is 12.2 Å². The van der Waals surface area contributed by atoms with Crippen molar-refractivity contribution in [1.82, 2.24) is 0 Å². The predicted octanol–water partition coefficient (Wildman–Crippen LogP) is 3.48. The molecule has 0 aliphatic heterocycles. The van der Waals surface area contributed by atoms with Crippen LogP contribution in [0.15, 0.2) is 12.2 Å². The summed E-state index contributed by atoms with van der Waals surface area (Å²) in [5, 5.41) is -4.44. The maximum absolute atomic E-state index is 13.0. The Kier molecular flexibility index (Phi) is 7.95. The van der Waals surface area contributed by atoms with E-state index in [-0.39, 0.29) is 5.57 Å². The second kappa shape index (κ2) is 9.05. The van der Waals surface area contributed by atoms with Crippen LogP contribution in [0.3, 0.4) is 0 Å². The molecule has 0 bridgehead atoms. The number of carbonyl (C=O) groups excluding carboxylic acids is 1. The minimum atomic E-state index is -5.57. The van der Waals surface area contributed by atoms with Crippen LogP contribution in [0, 0.1) is 0 Å². The lowest BCUT2D eigenvalue weighted by molar-refractivity contribution is -0.158. The lowest BCUT2D eigenvalue weighted by Crippen LogP contribution is -2.37. The molecule has 0 aromatic heterocycles. The van der Waals surface area contributed by atoms with E-state index in [0.717, 1.165) is 44.9 Å². The number of carbonyl (C=O) groups is 1. The minimum absolute atomic E-state index is 0.180. The summed E-state index contributed by atoms with van der Waals surface area (Å²) in [5.41, 5.74) is -0.764. The number of alkyl halides is 2. The minimum Gasteiger partial charge on any atom is -0.456 e. The molecule has 1 aliphatic carbocycles. The average Bonchev–Trinajstić information content (AvgIpc) is 2.48. The zero-order valence-corrected chi connectivity index (χ0v) is 15.2. The smallest absolute Gasteiger partial charge is 0.392 e. The number of esters is 1. The van der Waals surface area contributed by atoms with Crippen LogP contribution >= 0.6 is 0 Å². The van der Waals surface area contributed by atoms with Crippen LogP contribution in [-0.4, -0.2) is 43.0 Å². The van der Waals surface area contributed by atoms with Gasteiger partial charge in [-0.1, -0.05) is 32.8 Å². The third kappa shape index (κ3) is 6.63. The molecule has 0 heterocycles. The molecule has 146 valence electrons. The third-order valence-electron chi connectivity index (χ3n) is 4.43. The number of halogens is 2. The Morgan fingerprint density at radius 2 is 1.72 bits per heavy atom. The standard InChI is InChI=1S/C16H26F2O6S/c1-3-15(9-7-5-4-6-8-10-15)24-14(19)13(2)11-23-12-16(17,18)25(20,21)22/h2-12H2,1H3,(H,20,21,22). The molecule has 0 spiro atoms. The van der Waals surface area contributed by atoms with Crippen molar-refractivity contribution in [3.63, 3.8) is 0 Å². The first kappa shape index (κ1) is 22.0. The van der Waals surface area contributed by atoms with Crippen LogP contribution in [0.5, 0.6) is 0 Å².